The molecule has 0 radical (unpaired) electrons. The third kappa shape index (κ3) is 2.60. The minimum absolute atomic E-state index is 0.0930. The molecule has 18 heavy (non-hydrogen) atoms. The van der Waals surface area contributed by atoms with Crippen LogP contribution in [0.3, 0.4) is 0 Å². The highest BCUT2D eigenvalue weighted by Crippen LogP contribution is 2.19. The first kappa shape index (κ1) is 12.8. The Bertz CT molecular complexity index is 577. The average Bonchev–Trinajstić information content (AvgIpc) is 2.81. The summed E-state index contributed by atoms with van der Waals surface area (Å²) in [6.45, 7) is 0.289. The molecule has 0 saturated heterocycles. The zero-order valence-corrected chi connectivity index (χ0v) is 10.3. The number of methoxy groups -OCH3 is 1. The van der Waals surface area contributed by atoms with Crippen molar-refractivity contribution in [3.05, 3.63) is 58.3 Å². The summed E-state index contributed by atoms with van der Waals surface area (Å²) in [5.41, 5.74) is 0.278. The van der Waals surface area contributed by atoms with Gasteiger partial charge in [0, 0.05) is 12.7 Å². The van der Waals surface area contributed by atoms with E-state index in [1.54, 1.807) is 12.1 Å². The van der Waals surface area contributed by atoms with Crippen LogP contribution >= 0.6 is 11.6 Å². The van der Waals surface area contributed by atoms with Crippen molar-refractivity contribution >= 4 is 17.4 Å². The molecule has 0 aliphatic heterocycles. The lowest BCUT2D eigenvalue weighted by molar-refractivity contribution is 0.1000. The number of carbonyl (C=O) groups excluding carboxylic acids is 1. The topological polar surface area (TPSA) is 39.4 Å². The number of carbonyl (C=O) groups is 1. The van der Waals surface area contributed by atoms with Gasteiger partial charge in [0.2, 0.25) is 5.78 Å². The van der Waals surface area contributed by atoms with E-state index in [9.17, 15) is 9.18 Å². The second-order valence-corrected chi connectivity index (χ2v) is 4.06. The number of ketones is 1. The molecule has 0 amide bonds. The lowest BCUT2D eigenvalue weighted by Crippen LogP contribution is -2.00. The Morgan fingerprint density at radius 2 is 2.17 bits per heavy atom. The molecule has 0 saturated carbocycles. The van der Waals surface area contributed by atoms with E-state index >= 15 is 0 Å². The van der Waals surface area contributed by atoms with Crippen LogP contribution in [0.15, 0.2) is 34.7 Å². The minimum atomic E-state index is -0.562. The van der Waals surface area contributed by atoms with Crippen molar-refractivity contribution in [2.75, 3.05) is 7.11 Å². The van der Waals surface area contributed by atoms with E-state index in [2.05, 4.69) is 0 Å². The van der Waals surface area contributed by atoms with Gasteiger partial charge in [0.25, 0.3) is 0 Å². The van der Waals surface area contributed by atoms with E-state index < -0.39 is 5.82 Å². The third-order valence-electron chi connectivity index (χ3n) is 2.35. The molecule has 0 atom stereocenters. The van der Waals surface area contributed by atoms with Gasteiger partial charge < -0.3 is 9.15 Å². The fourth-order valence-electron chi connectivity index (χ4n) is 1.50. The van der Waals surface area contributed by atoms with Crippen molar-refractivity contribution in [3.8, 4) is 0 Å². The smallest absolute Gasteiger partial charge is 0.228 e. The van der Waals surface area contributed by atoms with Gasteiger partial charge in [-0.15, -0.1) is 0 Å². The molecule has 0 bridgehead atoms. The summed E-state index contributed by atoms with van der Waals surface area (Å²) < 4.78 is 23.2. The van der Waals surface area contributed by atoms with Crippen LogP contribution in [0.5, 0.6) is 0 Å². The van der Waals surface area contributed by atoms with Gasteiger partial charge in [-0.05, 0) is 30.3 Å². The maximum absolute atomic E-state index is 13.0. The van der Waals surface area contributed by atoms with Crippen molar-refractivity contribution in [2.45, 2.75) is 6.61 Å². The third-order valence-corrected chi connectivity index (χ3v) is 2.64. The zero-order valence-electron chi connectivity index (χ0n) is 9.57. The number of benzene rings is 1. The van der Waals surface area contributed by atoms with Crippen molar-refractivity contribution in [2.24, 2.45) is 0 Å². The van der Waals surface area contributed by atoms with Gasteiger partial charge in [0.05, 0.1) is 5.02 Å². The van der Waals surface area contributed by atoms with E-state index in [1.807, 2.05) is 0 Å². The SMILES string of the molecule is COCc1ccc(C(=O)c2ccc(F)c(Cl)c2)o1. The summed E-state index contributed by atoms with van der Waals surface area (Å²) in [5.74, 6) is -0.189. The van der Waals surface area contributed by atoms with E-state index in [0.29, 0.717) is 5.76 Å². The predicted octanol–water partition coefficient (Wildman–Crippen LogP) is 3.45. The summed E-state index contributed by atoms with van der Waals surface area (Å²) in [6, 6.07) is 6.99. The first-order chi connectivity index (χ1) is 8.61. The molecule has 1 heterocycles. The van der Waals surface area contributed by atoms with E-state index in [-0.39, 0.29) is 28.7 Å². The molecule has 94 valence electrons. The monoisotopic (exact) mass is 268 g/mol. The first-order valence-electron chi connectivity index (χ1n) is 5.19. The summed E-state index contributed by atoms with van der Waals surface area (Å²) >= 11 is 5.62. The Kier molecular flexibility index (Phi) is 3.79. The number of hydrogen-bond donors (Lipinski definition) is 0. The average molecular weight is 269 g/mol. The van der Waals surface area contributed by atoms with Crippen molar-refractivity contribution in [1.82, 2.24) is 0 Å². The molecule has 0 fully saturated rings. The highest BCUT2D eigenvalue weighted by molar-refractivity contribution is 6.31. The molecule has 2 rings (SSSR count). The molecule has 0 spiro atoms. The van der Waals surface area contributed by atoms with Crippen LogP contribution in [-0.4, -0.2) is 12.9 Å². The molecular formula is C13H10ClFO3. The van der Waals surface area contributed by atoms with Gasteiger partial charge in [0.15, 0.2) is 5.76 Å². The fraction of sp³-hybridized carbons (Fsp3) is 0.154. The van der Waals surface area contributed by atoms with Gasteiger partial charge in [-0.2, -0.15) is 0 Å². The van der Waals surface area contributed by atoms with Gasteiger partial charge >= 0.3 is 0 Å². The number of hydrogen-bond acceptors (Lipinski definition) is 3. The molecule has 0 aliphatic rings. The van der Waals surface area contributed by atoms with Crippen molar-refractivity contribution in [3.63, 3.8) is 0 Å². The number of rotatable bonds is 4. The standard InChI is InChI=1S/C13H10ClFO3/c1-17-7-9-3-5-12(18-9)13(16)8-2-4-11(15)10(14)6-8/h2-6H,7H2,1H3. The van der Waals surface area contributed by atoms with Crippen LogP contribution in [0.2, 0.25) is 5.02 Å². The second kappa shape index (κ2) is 5.33. The predicted molar refractivity (Wildman–Crippen MR) is 64.3 cm³/mol. The Hall–Kier alpha value is -1.65. The van der Waals surface area contributed by atoms with E-state index in [0.717, 1.165) is 6.07 Å². The second-order valence-electron chi connectivity index (χ2n) is 3.66. The van der Waals surface area contributed by atoms with Crippen molar-refractivity contribution in [1.29, 1.82) is 0 Å². The van der Waals surface area contributed by atoms with Crippen LogP contribution in [0.25, 0.3) is 0 Å². The van der Waals surface area contributed by atoms with E-state index in [1.165, 1.54) is 19.2 Å². The number of furan rings is 1. The molecule has 1 aromatic carbocycles. The van der Waals surface area contributed by atoms with Crippen LogP contribution in [0.4, 0.5) is 4.39 Å². The lowest BCUT2D eigenvalue weighted by atomic mass is 10.1. The summed E-state index contributed by atoms with van der Waals surface area (Å²) in [6.07, 6.45) is 0. The first-order valence-corrected chi connectivity index (χ1v) is 5.57. The minimum Gasteiger partial charge on any atom is -0.455 e. The Balaban J connectivity index is 2.26. The van der Waals surface area contributed by atoms with Gasteiger partial charge in [0.1, 0.15) is 18.2 Å². The van der Waals surface area contributed by atoms with Gasteiger partial charge in [-0.25, -0.2) is 4.39 Å². The van der Waals surface area contributed by atoms with Crippen LogP contribution < -0.4 is 0 Å². The molecule has 1 aromatic heterocycles. The summed E-state index contributed by atoms with van der Waals surface area (Å²) in [7, 11) is 1.53. The van der Waals surface area contributed by atoms with Gasteiger partial charge in [-0.3, -0.25) is 4.79 Å². The summed E-state index contributed by atoms with van der Waals surface area (Å²) in [4.78, 5) is 12.0. The highest BCUT2D eigenvalue weighted by Gasteiger charge is 2.15. The number of halogens is 2. The molecule has 0 unspecified atom stereocenters. The van der Waals surface area contributed by atoms with Crippen molar-refractivity contribution < 1.29 is 18.3 Å². The lowest BCUT2D eigenvalue weighted by Gasteiger charge is -2.00. The Morgan fingerprint density at radius 1 is 1.39 bits per heavy atom. The van der Waals surface area contributed by atoms with Crippen LogP contribution in [0.1, 0.15) is 21.9 Å². The van der Waals surface area contributed by atoms with Gasteiger partial charge in [-0.1, -0.05) is 11.6 Å². The maximum Gasteiger partial charge on any atom is 0.228 e. The van der Waals surface area contributed by atoms with Crippen LogP contribution in [0, 0.1) is 5.82 Å². The highest BCUT2D eigenvalue weighted by atomic mass is 35.5. The molecule has 5 heteroatoms. The zero-order chi connectivity index (χ0) is 13.1. The number of ether oxygens (including phenoxy) is 1. The Labute approximate surface area is 108 Å². The quantitative estimate of drug-likeness (QED) is 0.797. The fourth-order valence-corrected chi connectivity index (χ4v) is 1.68. The molecular weight excluding hydrogens is 259 g/mol. The molecule has 2 aromatic rings. The molecule has 0 aliphatic carbocycles. The van der Waals surface area contributed by atoms with E-state index in [4.69, 9.17) is 20.8 Å². The summed E-state index contributed by atoms with van der Waals surface area (Å²) in [5, 5.41) is -0.0930. The Morgan fingerprint density at radius 3 is 2.83 bits per heavy atom. The van der Waals surface area contributed by atoms with Crippen LogP contribution in [-0.2, 0) is 11.3 Å². The molecule has 3 nitrogen and oxygen atoms in total. The largest absolute Gasteiger partial charge is 0.455 e. The normalized spacial score (nSPS) is 10.6. The molecule has 0 N–H and O–H groups in total. The maximum atomic E-state index is 13.0.